The fourth-order valence-electron chi connectivity index (χ4n) is 3.25. The Morgan fingerprint density at radius 1 is 0.893 bits per heavy atom. The van der Waals surface area contributed by atoms with Crippen molar-refractivity contribution in [3.8, 4) is 0 Å². The average Bonchev–Trinajstić information content (AvgIpc) is 2.74. The van der Waals surface area contributed by atoms with Gasteiger partial charge < -0.3 is 4.90 Å². The fraction of sp³-hybridized carbons (Fsp3) is 0.0417. The van der Waals surface area contributed by atoms with E-state index in [1.807, 2.05) is 71.9 Å². The van der Waals surface area contributed by atoms with Crippen molar-refractivity contribution in [2.75, 3.05) is 4.90 Å². The van der Waals surface area contributed by atoms with E-state index in [1.165, 1.54) is 0 Å². The molecule has 0 aliphatic carbocycles. The number of ketones is 1. The minimum absolute atomic E-state index is 0.00279. The van der Waals surface area contributed by atoms with Gasteiger partial charge in [0.2, 0.25) is 0 Å². The zero-order valence-electron chi connectivity index (χ0n) is 14.9. The minimum atomic E-state index is -0.101. The quantitative estimate of drug-likeness (QED) is 0.399. The lowest BCUT2D eigenvalue weighted by molar-refractivity contribution is 0.102. The molecule has 3 aromatic carbocycles. The van der Waals surface area contributed by atoms with Crippen molar-refractivity contribution < 1.29 is 4.79 Å². The van der Waals surface area contributed by atoms with Crippen molar-refractivity contribution in [3.05, 3.63) is 124 Å². The van der Waals surface area contributed by atoms with Crippen molar-refractivity contribution in [1.29, 1.82) is 0 Å². The third kappa shape index (κ3) is 3.96. The minimum Gasteiger partial charge on any atom is -0.324 e. The zero-order valence-corrected chi connectivity index (χ0v) is 17.3. The maximum atomic E-state index is 13.3. The lowest BCUT2D eigenvalue weighted by Crippen LogP contribution is -2.21. The molecule has 0 bridgehead atoms. The summed E-state index contributed by atoms with van der Waals surface area (Å²) in [5, 5.41) is 0.616. The number of hydrogen-bond donors (Lipinski definition) is 0. The first-order chi connectivity index (χ1) is 13.6. The monoisotopic (exact) mass is 449 g/mol. The highest BCUT2D eigenvalue weighted by molar-refractivity contribution is 9.10. The smallest absolute Gasteiger partial charge is 0.191 e. The van der Waals surface area contributed by atoms with Crippen LogP contribution in [0.4, 0.5) is 5.69 Å². The molecule has 0 fully saturated rings. The molecule has 0 spiro atoms. The number of Topliss-reactive ketones (excluding diaryl/α,β-unsaturated/α-hetero) is 1. The first-order valence-electron chi connectivity index (χ1n) is 8.91. The summed E-state index contributed by atoms with van der Waals surface area (Å²) in [5.41, 5.74) is 3.43. The number of carbonyl (C=O) groups is 1. The number of hydrogen-bond acceptors (Lipinski definition) is 2. The molecule has 0 aromatic heterocycles. The van der Waals surface area contributed by atoms with E-state index < -0.39 is 0 Å². The van der Waals surface area contributed by atoms with E-state index in [-0.39, 0.29) is 11.7 Å². The van der Waals surface area contributed by atoms with Crippen molar-refractivity contribution in [3.63, 3.8) is 0 Å². The van der Waals surface area contributed by atoms with Crippen LogP contribution in [0.15, 0.2) is 107 Å². The molecule has 0 saturated carbocycles. The maximum Gasteiger partial charge on any atom is 0.191 e. The molecule has 0 saturated heterocycles. The molecular weight excluding hydrogens is 434 g/mol. The summed E-state index contributed by atoms with van der Waals surface area (Å²) in [6.07, 6.45) is 6.01. The van der Waals surface area contributed by atoms with E-state index in [4.69, 9.17) is 11.6 Å². The van der Waals surface area contributed by atoms with Crippen LogP contribution in [0.3, 0.4) is 0 Å². The van der Waals surface area contributed by atoms with Gasteiger partial charge >= 0.3 is 0 Å². The highest BCUT2D eigenvalue weighted by Crippen LogP contribution is 2.34. The highest BCUT2D eigenvalue weighted by Gasteiger charge is 2.25. The second-order valence-electron chi connectivity index (χ2n) is 6.53. The Bertz CT molecular complexity index is 1040. The molecule has 4 rings (SSSR count). The van der Waals surface area contributed by atoms with E-state index in [1.54, 1.807) is 24.3 Å². The molecule has 1 aliphatic rings. The van der Waals surface area contributed by atoms with Crippen molar-refractivity contribution >= 4 is 39.0 Å². The molecule has 4 heteroatoms. The van der Waals surface area contributed by atoms with Gasteiger partial charge in [0.25, 0.3) is 0 Å². The Morgan fingerprint density at radius 2 is 1.57 bits per heavy atom. The Kier molecular flexibility index (Phi) is 5.47. The lowest BCUT2D eigenvalue weighted by atomic mass is 9.85. The van der Waals surface area contributed by atoms with Crippen molar-refractivity contribution in [2.45, 2.75) is 5.92 Å². The molecule has 0 N–H and O–H groups in total. The van der Waals surface area contributed by atoms with Crippen LogP contribution in [0, 0.1) is 0 Å². The molecule has 28 heavy (non-hydrogen) atoms. The van der Waals surface area contributed by atoms with Gasteiger partial charge in [-0.3, -0.25) is 4.79 Å². The number of benzene rings is 3. The van der Waals surface area contributed by atoms with Crippen LogP contribution in [0.2, 0.25) is 5.02 Å². The Balaban J connectivity index is 1.75. The van der Waals surface area contributed by atoms with E-state index in [9.17, 15) is 4.79 Å². The normalized spacial score (nSPS) is 16.0. The van der Waals surface area contributed by atoms with E-state index in [0.717, 1.165) is 21.3 Å². The Labute approximate surface area is 177 Å². The molecule has 1 unspecified atom stereocenters. The van der Waals surface area contributed by atoms with Crippen LogP contribution < -0.4 is 4.90 Å². The summed E-state index contributed by atoms with van der Waals surface area (Å²) in [7, 11) is 0. The molecule has 1 heterocycles. The predicted octanol–water partition coefficient (Wildman–Crippen LogP) is 6.99. The van der Waals surface area contributed by atoms with Crippen LogP contribution >= 0.6 is 27.5 Å². The van der Waals surface area contributed by atoms with E-state index >= 15 is 0 Å². The van der Waals surface area contributed by atoms with Crippen LogP contribution in [0.25, 0.3) is 0 Å². The van der Waals surface area contributed by atoms with Crippen LogP contribution in [0.5, 0.6) is 0 Å². The Morgan fingerprint density at radius 3 is 2.25 bits per heavy atom. The van der Waals surface area contributed by atoms with Gasteiger partial charge in [-0.15, -0.1) is 0 Å². The van der Waals surface area contributed by atoms with Gasteiger partial charge in [-0.1, -0.05) is 63.9 Å². The zero-order chi connectivity index (χ0) is 19.5. The number of nitrogens with zero attached hydrogens (tertiary/aromatic N) is 1. The van der Waals surface area contributed by atoms with Crippen LogP contribution in [-0.4, -0.2) is 5.78 Å². The molecule has 3 aromatic rings. The molecule has 138 valence electrons. The summed E-state index contributed by atoms with van der Waals surface area (Å²) in [4.78, 5) is 15.3. The summed E-state index contributed by atoms with van der Waals surface area (Å²) in [6, 6.07) is 25.1. The second-order valence-corrected chi connectivity index (χ2v) is 7.89. The number of allylic oxidation sites excluding steroid dienone is 2. The first kappa shape index (κ1) is 18.7. The number of carbonyl (C=O) groups excluding carboxylic acids is 1. The van der Waals surface area contributed by atoms with Gasteiger partial charge in [0.05, 0.1) is 0 Å². The van der Waals surface area contributed by atoms with Crippen molar-refractivity contribution in [2.24, 2.45) is 0 Å². The molecule has 1 atom stereocenters. The topological polar surface area (TPSA) is 20.3 Å². The molecule has 1 aliphatic heterocycles. The third-order valence-electron chi connectivity index (χ3n) is 4.70. The second kappa shape index (κ2) is 8.17. The summed E-state index contributed by atoms with van der Waals surface area (Å²) in [5.74, 6) is -0.104. The largest absolute Gasteiger partial charge is 0.324 e. The molecule has 2 nitrogen and oxygen atoms in total. The fourth-order valence-corrected chi connectivity index (χ4v) is 3.64. The van der Waals surface area contributed by atoms with E-state index in [2.05, 4.69) is 22.0 Å². The third-order valence-corrected chi connectivity index (χ3v) is 5.49. The highest BCUT2D eigenvalue weighted by atomic mass is 79.9. The summed E-state index contributed by atoms with van der Waals surface area (Å²) >= 11 is 9.46. The molecule has 0 radical (unpaired) electrons. The summed E-state index contributed by atoms with van der Waals surface area (Å²) < 4.78 is 1.01. The van der Waals surface area contributed by atoms with Gasteiger partial charge in [-0.05, 0) is 54.1 Å². The summed E-state index contributed by atoms with van der Waals surface area (Å²) in [6.45, 7) is 0. The first-order valence-corrected chi connectivity index (χ1v) is 10.1. The van der Waals surface area contributed by atoms with Crippen LogP contribution in [-0.2, 0) is 0 Å². The standard InChI is InChI=1S/C24H17BrClNO/c25-19-8-12-21(13-9-19)27-15-14-22(17-4-2-1-3-5-17)23(16-27)24(28)18-6-10-20(26)11-7-18/h1-16,22H. The average molecular weight is 451 g/mol. The number of anilines is 1. The van der Waals surface area contributed by atoms with Gasteiger partial charge in [-0.25, -0.2) is 0 Å². The Hall–Kier alpha value is -2.62. The predicted molar refractivity (Wildman–Crippen MR) is 119 cm³/mol. The van der Waals surface area contributed by atoms with Gasteiger partial charge in [0.1, 0.15) is 0 Å². The SMILES string of the molecule is O=C(C1=CN(c2ccc(Br)cc2)C=CC1c1ccccc1)c1ccc(Cl)cc1. The van der Waals surface area contributed by atoms with Gasteiger partial charge in [-0.2, -0.15) is 0 Å². The maximum absolute atomic E-state index is 13.3. The van der Waals surface area contributed by atoms with E-state index in [0.29, 0.717) is 10.6 Å². The number of rotatable bonds is 4. The van der Waals surface area contributed by atoms with Gasteiger partial charge in [0.15, 0.2) is 5.78 Å². The lowest BCUT2D eigenvalue weighted by Gasteiger charge is -2.27. The number of halogens is 2. The molecular formula is C24H17BrClNO. The van der Waals surface area contributed by atoms with Crippen molar-refractivity contribution in [1.82, 2.24) is 0 Å². The van der Waals surface area contributed by atoms with Gasteiger partial charge in [0, 0.05) is 44.6 Å². The van der Waals surface area contributed by atoms with Crippen LogP contribution in [0.1, 0.15) is 21.8 Å². The molecule has 0 amide bonds.